The number of nitrogens with zero attached hydrogens (tertiary/aromatic N) is 2. The van der Waals surface area contributed by atoms with Gasteiger partial charge in [-0.1, -0.05) is 25.3 Å². The lowest BCUT2D eigenvalue weighted by molar-refractivity contribution is -0.137. The van der Waals surface area contributed by atoms with E-state index < -0.39 is 11.7 Å². The van der Waals surface area contributed by atoms with E-state index in [1.54, 1.807) is 4.90 Å². The van der Waals surface area contributed by atoms with Crippen LogP contribution in [0.2, 0.25) is 0 Å². The van der Waals surface area contributed by atoms with Gasteiger partial charge in [0.05, 0.1) is 12.2 Å². The van der Waals surface area contributed by atoms with Gasteiger partial charge in [0.25, 0.3) is 5.91 Å². The molecule has 0 aromatic heterocycles. The van der Waals surface area contributed by atoms with Gasteiger partial charge in [-0.15, -0.1) is 0 Å². The van der Waals surface area contributed by atoms with Gasteiger partial charge in [-0.05, 0) is 100 Å². The Hall–Kier alpha value is -2.58. The van der Waals surface area contributed by atoms with Crippen molar-refractivity contribution in [1.82, 2.24) is 15.1 Å². The smallest absolute Gasteiger partial charge is 0.416 e. The second-order valence-electron chi connectivity index (χ2n) is 11.3. The molecule has 1 saturated carbocycles. The van der Waals surface area contributed by atoms with Crippen molar-refractivity contribution in [2.45, 2.75) is 84.0 Å². The fraction of sp³-hybridized carbons (Fsp3) is 0.594. The van der Waals surface area contributed by atoms with Gasteiger partial charge in [0.2, 0.25) is 0 Å². The number of unbranched alkanes of at least 4 members (excludes halogenated alkanes) is 1. The van der Waals surface area contributed by atoms with E-state index in [-0.39, 0.29) is 17.5 Å². The molecule has 0 bridgehead atoms. The molecule has 1 N–H and O–H groups in total. The molecule has 1 saturated heterocycles. The standard InChI is InChI=1S/C32H44F3N3O2/c1-23-24(2)30(40-22-8-7-17-36-28-9-5-4-6-10-28)16-15-29(23)25(3)37-18-20-38(21-19-37)31(39)26-11-13-27(14-12-26)32(33,34)35/h11-16,25,28,36H,4-10,17-22H2,1-3H3. The molecule has 8 heteroatoms. The first-order valence-electron chi connectivity index (χ1n) is 14.8. The second-order valence-corrected chi connectivity index (χ2v) is 11.3. The summed E-state index contributed by atoms with van der Waals surface area (Å²) in [5.41, 5.74) is 3.20. The topological polar surface area (TPSA) is 44.8 Å². The predicted molar refractivity (Wildman–Crippen MR) is 153 cm³/mol. The summed E-state index contributed by atoms with van der Waals surface area (Å²) in [6, 6.07) is 9.61. The average Bonchev–Trinajstić information content (AvgIpc) is 2.96. The summed E-state index contributed by atoms with van der Waals surface area (Å²) >= 11 is 0. The summed E-state index contributed by atoms with van der Waals surface area (Å²) in [7, 11) is 0. The number of alkyl halides is 3. The Morgan fingerprint density at radius 1 is 0.950 bits per heavy atom. The average molecular weight is 560 g/mol. The van der Waals surface area contributed by atoms with Crippen LogP contribution in [0.25, 0.3) is 0 Å². The third-order valence-electron chi connectivity index (χ3n) is 8.70. The molecule has 220 valence electrons. The summed E-state index contributed by atoms with van der Waals surface area (Å²) in [6.07, 6.45) is 4.48. The minimum Gasteiger partial charge on any atom is -0.493 e. The molecule has 2 fully saturated rings. The number of rotatable bonds is 10. The van der Waals surface area contributed by atoms with Crippen molar-refractivity contribution in [3.63, 3.8) is 0 Å². The highest BCUT2D eigenvalue weighted by Gasteiger charge is 2.31. The highest BCUT2D eigenvalue weighted by molar-refractivity contribution is 5.94. The number of ether oxygens (including phenoxy) is 1. The third kappa shape index (κ3) is 7.78. The summed E-state index contributed by atoms with van der Waals surface area (Å²) in [5.74, 6) is 0.722. The number of carbonyl (C=O) groups is 1. The van der Waals surface area contributed by atoms with Crippen LogP contribution in [0, 0.1) is 13.8 Å². The molecule has 4 rings (SSSR count). The van der Waals surface area contributed by atoms with Gasteiger partial charge in [-0.2, -0.15) is 13.2 Å². The molecule has 1 aliphatic heterocycles. The van der Waals surface area contributed by atoms with Crippen LogP contribution < -0.4 is 10.1 Å². The number of amides is 1. The van der Waals surface area contributed by atoms with E-state index in [0.29, 0.717) is 32.2 Å². The summed E-state index contributed by atoms with van der Waals surface area (Å²) in [6.45, 7) is 10.7. The maximum absolute atomic E-state index is 12.9. The van der Waals surface area contributed by atoms with Crippen LogP contribution in [0.4, 0.5) is 13.2 Å². The van der Waals surface area contributed by atoms with Crippen molar-refractivity contribution in [1.29, 1.82) is 0 Å². The Balaban J connectivity index is 1.23. The largest absolute Gasteiger partial charge is 0.493 e. The lowest BCUT2D eigenvalue weighted by Crippen LogP contribution is -2.49. The lowest BCUT2D eigenvalue weighted by Gasteiger charge is -2.39. The highest BCUT2D eigenvalue weighted by atomic mass is 19.4. The second kappa shape index (κ2) is 13.9. The molecular weight excluding hydrogens is 515 g/mol. The SMILES string of the molecule is Cc1c(OCCCCNC2CCCCC2)ccc(C(C)N2CCN(C(=O)c3ccc(C(F)(F)F)cc3)CC2)c1C. The van der Waals surface area contributed by atoms with Crippen LogP contribution in [0.1, 0.15) is 90.5 Å². The van der Waals surface area contributed by atoms with Crippen molar-refractivity contribution in [2.75, 3.05) is 39.3 Å². The molecule has 1 heterocycles. The fourth-order valence-electron chi connectivity index (χ4n) is 5.94. The van der Waals surface area contributed by atoms with Crippen molar-refractivity contribution in [2.24, 2.45) is 0 Å². The zero-order valence-corrected chi connectivity index (χ0v) is 24.2. The normalized spacial score (nSPS) is 18.1. The van der Waals surface area contributed by atoms with Crippen molar-refractivity contribution >= 4 is 5.91 Å². The van der Waals surface area contributed by atoms with E-state index in [4.69, 9.17) is 4.74 Å². The van der Waals surface area contributed by atoms with Crippen molar-refractivity contribution in [3.05, 3.63) is 64.2 Å². The van der Waals surface area contributed by atoms with Gasteiger partial charge < -0.3 is 15.0 Å². The van der Waals surface area contributed by atoms with Gasteiger partial charge in [-0.3, -0.25) is 9.69 Å². The van der Waals surface area contributed by atoms with Gasteiger partial charge in [0, 0.05) is 43.8 Å². The van der Waals surface area contributed by atoms with Crippen molar-refractivity contribution in [3.8, 4) is 5.75 Å². The van der Waals surface area contributed by atoms with Gasteiger partial charge in [0.1, 0.15) is 5.75 Å². The Labute approximate surface area is 237 Å². The predicted octanol–water partition coefficient (Wildman–Crippen LogP) is 6.92. The van der Waals surface area contributed by atoms with E-state index in [1.807, 2.05) is 0 Å². The number of hydrogen-bond acceptors (Lipinski definition) is 4. The molecule has 2 aliphatic rings. The maximum Gasteiger partial charge on any atom is 0.416 e. The summed E-state index contributed by atoms with van der Waals surface area (Å²) in [5, 5.41) is 3.70. The Kier molecular flexibility index (Phi) is 10.5. The van der Waals surface area contributed by atoms with E-state index in [9.17, 15) is 18.0 Å². The number of piperazine rings is 1. The van der Waals surface area contributed by atoms with Crippen LogP contribution in [-0.4, -0.2) is 61.1 Å². The van der Waals surface area contributed by atoms with Crippen LogP contribution >= 0.6 is 0 Å². The van der Waals surface area contributed by atoms with Crippen LogP contribution in [0.5, 0.6) is 5.75 Å². The zero-order valence-electron chi connectivity index (χ0n) is 24.2. The number of carbonyl (C=O) groups excluding carboxylic acids is 1. The minimum absolute atomic E-state index is 0.182. The van der Waals surface area contributed by atoms with E-state index in [2.05, 4.69) is 43.1 Å². The van der Waals surface area contributed by atoms with Gasteiger partial charge in [0.15, 0.2) is 0 Å². The molecule has 1 aliphatic carbocycles. The molecular formula is C32H44F3N3O2. The molecule has 0 radical (unpaired) electrons. The van der Waals surface area contributed by atoms with Crippen LogP contribution in [-0.2, 0) is 6.18 Å². The minimum atomic E-state index is -4.41. The highest BCUT2D eigenvalue weighted by Crippen LogP contribution is 2.32. The molecule has 5 nitrogen and oxygen atoms in total. The summed E-state index contributed by atoms with van der Waals surface area (Å²) < 4.78 is 44.7. The Morgan fingerprint density at radius 3 is 2.27 bits per heavy atom. The van der Waals surface area contributed by atoms with E-state index in [1.165, 1.54) is 60.9 Å². The lowest BCUT2D eigenvalue weighted by atomic mass is 9.95. The third-order valence-corrected chi connectivity index (χ3v) is 8.70. The van der Waals surface area contributed by atoms with Crippen LogP contribution in [0.15, 0.2) is 36.4 Å². The first kappa shape index (κ1) is 30.4. The molecule has 2 aromatic rings. The van der Waals surface area contributed by atoms with Crippen LogP contribution in [0.3, 0.4) is 0 Å². The quantitative estimate of drug-likeness (QED) is 0.321. The molecule has 0 spiro atoms. The van der Waals surface area contributed by atoms with Gasteiger partial charge in [-0.25, -0.2) is 0 Å². The zero-order chi connectivity index (χ0) is 28.7. The molecule has 2 aromatic carbocycles. The van der Waals surface area contributed by atoms with E-state index in [0.717, 1.165) is 43.9 Å². The van der Waals surface area contributed by atoms with Crippen molar-refractivity contribution < 1.29 is 22.7 Å². The maximum atomic E-state index is 12.9. The Morgan fingerprint density at radius 2 is 1.62 bits per heavy atom. The van der Waals surface area contributed by atoms with E-state index >= 15 is 0 Å². The fourth-order valence-corrected chi connectivity index (χ4v) is 5.94. The monoisotopic (exact) mass is 559 g/mol. The number of hydrogen-bond donors (Lipinski definition) is 1. The molecule has 1 unspecified atom stereocenters. The van der Waals surface area contributed by atoms with Gasteiger partial charge >= 0.3 is 6.18 Å². The number of halogens is 3. The molecule has 40 heavy (non-hydrogen) atoms. The molecule has 1 atom stereocenters. The summed E-state index contributed by atoms with van der Waals surface area (Å²) in [4.78, 5) is 17.0. The number of benzene rings is 2. The Bertz CT molecular complexity index is 1110. The molecule has 1 amide bonds. The first-order chi connectivity index (χ1) is 19.1. The first-order valence-corrected chi connectivity index (χ1v) is 14.8. The number of nitrogens with one attached hydrogen (secondary N) is 1.